The van der Waals surface area contributed by atoms with Crippen molar-refractivity contribution in [2.24, 2.45) is 11.5 Å². The Morgan fingerprint density at radius 2 is 1.30 bits per heavy atom. The number of nitrogens with two attached hydrogens (primary N) is 2. The van der Waals surface area contributed by atoms with Crippen molar-refractivity contribution >= 4 is 69.4 Å². The van der Waals surface area contributed by atoms with Gasteiger partial charge in [-0.3, -0.25) is 0 Å². The summed E-state index contributed by atoms with van der Waals surface area (Å²) in [5.74, 6) is 0. The zero-order valence-corrected chi connectivity index (χ0v) is 24.1. The van der Waals surface area contributed by atoms with Gasteiger partial charge in [0.1, 0.15) is 18.6 Å². The molecule has 0 saturated carbocycles. The second kappa shape index (κ2) is 12.1. The molecule has 2 rings (SSSR count). The maximum absolute atomic E-state index is 6.00. The van der Waals surface area contributed by atoms with Crippen LogP contribution in [0.2, 0.25) is 0 Å². The van der Waals surface area contributed by atoms with E-state index < -0.39 is 16.6 Å². The molecule has 12 heteroatoms. The normalized spacial score (nSPS) is 37.2. The summed E-state index contributed by atoms with van der Waals surface area (Å²) >= 11 is 0. The van der Waals surface area contributed by atoms with Gasteiger partial charge >= 0.3 is 0 Å². The molecule has 0 aliphatic carbocycles. The molecule has 4 nitrogen and oxygen atoms in total. The fourth-order valence-electron chi connectivity index (χ4n) is 2.87. The number of hydrogen-bond acceptors (Lipinski definition) is 4. The van der Waals surface area contributed by atoms with Crippen LogP contribution in [0.5, 0.6) is 0 Å². The van der Waals surface area contributed by atoms with Crippen molar-refractivity contribution in [3.05, 3.63) is 0 Å². The molecule has 0 aromatic rings. The van der Waals surface area contributed by atoms with E-state index in [0.717, 1.165) is 0 Å². The Hall–Kier alpha value is 1.58. The minimum absolute atomic E-state index is 0.117. The first kappa shape index (κ1) is 19.6. The summed E-state index contributed by atoms with van der Waals surface area (Å²) in [6.07, 6.45) is 4.79. The van der Waals surface area contributed by atoms with Gasteiger partial charge in [-0.05, 0) is 24.2 Å². The molecular weight excluding hydrogens is 381 g/mol. The first-order chi connectivity index (χ1) is 9.69. The molecule has 2 saturated heterocycles. The van der Waals surface area contributed by atoms with Crippen molar-refractivity contribution in [2.75, 3.05) is 12.5 Å². The second-order valence-electron chi connectivity index (χ2n) is 6.10. The van der Waals surface area contributed by atoms with Crippen LogP contribution in [-0.4, -0.2) is 93.2 Å². The monoisotopic (exact) mass is 414 g/mol. The lowest BCUT2D eigenvalue weighted by Crippen LogP contribution is -2.53. The summed E-state index contributed by atoms with van der Waals surface area (Å²) in [6, 6.07) is 0. The van der Waals surface area contributed by atoms with Gasteiger partial charge in [0.25, 0.3) is 0 Å². The highest BCUT2D eigenvalue weighted by molar-refractivity contribution is 7.49. The van der Waals surface area contributed by atoms with Gasteiger partial charge in [0.05, 0.1) is 16.6 Å². The lowest BCUT2D eigenvalue weighted by Gasteiger charge is -2.24. The Labute approximate surface area is 140 Å². The van der Waals surface area contributed by atoms with E-state index in [2.05, 4.69) is 13.8 Å². The zero-order chi connectivity index (χ0) is 14.8. The minimum atomic E-state index is -0.429. The minimum Gasteiger partial charge on any atom is -0.432 e. The Balaban J connectivity index is 0.000000200. The van der Waals surface area contributed by atoms with Crippen LogP contribution in [-0.2, 0) is 8.85 Å². The average molecular weight is 415 g/mol. The predicted molar refractivity (Wildman–Crippen MR) is 114 cm³/mol. The Kier molecular flexibility index (Phi) is 11.8. The molecule has 0 aromatic carbocycles. The van der Waals surface area contributed by atoms with E-state index in [4.69, 9.17) is 20.3 Å². The van der Waals surface area contributed by atoms with Crippen molar-refractivity contribution < 1.29 is 8.85 Å². The molecule has 0 aromatic heterocycles. The summed E-state index contributed by atoms with van der Waals surface area (Å²) in [5.41, 5.74) is 13.2. The molecule has 0 radical (unpaired) electrons. The van der Waals surface area contributed by atoms with Gasteiger partial charge in [0.15, 0.2) is 0 Å². The molecule has 4 unspecified atom stereocenters. The summed E-state index contributed by atoms with van der Waals surface area (Å²) < 4.78 is 11.2. The van der Waals surface area contributed by atoms with Gasteiger partial charge in [-0.1, -0.05) is 13.8 Å². The molecule has 0 bridgehead atoms. The van der Waals surface area contributed by atoms with Crippen molar-refractivity contribution in [3.63, 3.8) is 0 Å². The lowest BCUT2D eigenvalue weighted by atomic mass is 10.5. The predicted octanol–water partition coefficient (Wildman–Crippen LogP) is -6.38. The Morgan fingerprint density at radius 1 is 0.900 bits per heavy atom. The highest BCUT2D eigenvalue weighted by atomic mass is 29.7. The molecule has 2 heterocycles. The molecule has 0 spiro atoms. The van der Waals surface area contributed by atoms with Crippen molar-refractivity contribution in [3.8, 4) is 0 Å². The first-order valence-electron chi connectivity index (χ1n) is 8.35. The summed E-state index contributed by atoms with van der Waals surface area (Å²) in [7, 11) is 1.17. The van der Waals surface area contributed by atoms with Gasteiger partial charge in [-0.15, -0.1) is 0 Å². The van der Waals surface area contributed by atoms with Gasteiger partial charge in [-0.25, -0.2) is 0 Å². The van der Waals surface area contributed by atoms with E-state index in [1.807, 2.05) is 0 Å². The molecular formula is C8H34N2O2Si8. The van der Waals surface area contributed by atoms with Gasteiger partial charge in [0, 0.05) is 46.7 Å². The molecule has 2 aliphatic heterocycles. The third-order valence-electron chi connectivity index (χ3n) is 4.54. The van der Waals surface area contributed by atoms with Crippen LogP contribution < -0.4 is 11.5 Å². The van der Waals surface area contributed by atoms with E-state index in [9.17, 15) is 0 Å². The third-order valence-corrected chi connectivity index (χ3v) is 77.5. The number of rotatable bonds is 4. The summed E-state index contributed by atoms with van der Waals surface area (Å²) in [6.45, 7) is 4.44. The van der Waals surface area contributed by atoms with Crippen LogP contribution in [0.1, 0.15) is 26.7 Å². The SMILES string of the molecule is CCC(N)[SiH]1CO[SiH2][SiH2][SiH2]1.CCC(N)[SiH]1CO[SiH2][SiH2][SiH2]1. The van der Waals surface area contributed by atoms with E-state index in [0.29, 0.717) is 45.5 Å². The van der Waals surface area contributed by atoms with E-state index in [-0.39, 0.29) is 18.6 Å². The maximum Gasteiger partial charge on any atom is 0.139 e. The molecule has 120 valence electrons. The maximum atomic E-state index is 6.00. The van der Waals surface area contributed by atoms with E-state index in [1.54, 1.807) is 0 Å². The average Bonchev–Trinajstić information content (AvgIpc) is 2.55. The molecule has 2 fully saturated rings. The Bertz CT molecular complexity index is 219. The highest BCUT2D eigenvalue weighted by Crippen LogP contribution is 1.97. The first-order valence-corrected chi connectivity index (χ1v) is 35.0. The van der Waals surface area contributed by atoms with Crippen LogP contribution in [0.15, 0.2) is 0 Å². The Morgan fingerprint density at radius 3 is 1.55 bits per heavy atom. The second-order valence-corrected chi connectivity index (χ2v) is 55.3. The van der Waals surface area contributed by atoms with Crippen LogP contribution in [0, 0.1) is 0 Å². The smallest absolute Gasteiger partial charge is 0.139 e. The highest BCUT2D eigenvalue weighted by Gasteiger charge is 2.22. The van der Waals surface area contributed by atoms with Crippen molar-refractivity contribution in [2.45, 2.75) is 38.0 Å². The van der Waals surface area contributed by atoms with E-state index in [1.165, 1.54) is 25.3 Å². The van der Waals surface area contributed by atoms with Crippen LogP contribution in [0.3, 0.4) is 0 Å². The molecule has 0 amide bonds. The fourth-order valence-corrected chi connectivity index (χ4v) is 92.5. The van der Waals surface area contributed by atoms with Crippen molar-refractivity contribution in [1.82, 2.24) is 0 Å². The topological polar surface area (TPSA) is 70.5 Å². The van der Waals surface area contributed by atoms with Gasteiger partial charge < -0.3 is 20.3 Å². The molecule has 20 heavy (non-hydrogen) atoms. The van der Waals surface area contributed by atoms with Gasteiger partial charge in [-0.2, -0.15) is 0 Å². The largest absolute Gasteiger partial charge is 0.432 e. The van der Waals surface area contributed by atoms with Crippen LogP contribution in [0.25, 0.3) is 0 Å². The molecule has 4 N–H and O–H groups in total. The fraction of sp³-hybridized carbons (Fsp3) is 1.00. The summed E-state index contributed by atoms with van der Waals surface area (Å²) in [4.78, 5) is 0. The summed E-state index contributed by atoms with van der Waals surface area (Å²) in [5, 5.41) is 0. The van der Waals surface area contributed by atoms with Crippen molar-refractivity contribution in [1.29, 1.82) is 0 Å². The lowest BCUT2D eigenvalue weighted by molar-refractivity contribution is 0.414. The quantitative estimate of drug-likeness (QED) is 0.449. The third kappa shape index (κ3) is 7.72. The van der Waals surface area contributed by atoms with Crippen LogP contribution >= 0.6 is 0 Å². The standard InChI is InChI=1S/2C4H17NOSi4/c2*1-2-4(5)10-3-6-7-8-9-10/h2*4,10H,2-3,5,7-9H2,1H3. The van der Waals surface area contributed by atoms with Gasteiger partial charge in [0.2, 0.25) is 0 Å². The molecule has 4 atom stereocenters. The van der Waals surface area contributed by atoms with E-state index >= 15 is 0 Å². The van der Waals surface area contributed by atoms with Crippen LogP contribution in [0.4, 0.5) is 0 Å². The number of hydrogen-bond donors (Lipinski definition) is 2. The molecule has 2 aliphatic rings. The zero-order valence-electron chi connectivity index (χ0n) is 13.4.